The number of sulfonamides is 1. The first-order valence-electron chi connectivity index (χ1n) is 9.46. The molecule has 1 aromatic carbocycles. The maximum atomic E-state index is 12.6. The van der Waals surface area contributed by atoms with Crippen molar-refractivity contribution in [2.45, 2.75) is 57.9 Å². The van der Waals surface area contributed by atoms with Crippen molar-refractivity contribution in [3.63, 3.8) is 0 Å². The highest BCUT2D eigenvalue weighted by Crippen LogP contribution is 2.24. The van der Waals surface area contributed by atoms with Gasteiger partial charge >= 0.3 is 5.97 Å². The third-order valence-corrected chi connectivity index (χ3v) is 6.26. The third-order valence-electron chi connectivity index (χ3n) is 4.77. The van der Waals surface area contributed by atoms with Gasteiger partial charge in [-0.25, -0.2) is 8.42 Å². The summed E-state index contributed by atoms with van der Waals surface area (Å²) in [7, 11) is -3.44. The van der Waals surface area contributed by atoms with Gasteiger partial charge in [0, 0.05) is 17.3 Å². The average molecular weight is 397 g/mol. The van der Waals surface area contributed by atoms with Crippen molar-refractivity contribution in [2.75, 3.05) is 10.5 Å². The largest absolute Gasteiger partial charge is 0.481 e. The molecule has 2 unspecified atom stereocenters. The molecule has 8 heteroatoms. The normalized spacial score (nSPS) is 20.9. The predicted molar refractivity (Wildman–Crippen MR) is 104 cm³/mol. The molecule has 0 bridgehead atoms. The Morgan fingerprint density at radius 2 is 1.85 bits per heavy atom. The lowest BCUT2D eigenvalue weighted by molar-refractivity contribution is -0.143. The molecule has 1 aromatic rings. The maximum absolute atomic E-state index is 12.6. The lowest BCUT2D eigenvalue weighted by atomic mass is 9.86. The Labute approximate surface area is 160 Å². The van der Waals surface area contributed by atoms with E-state index in [1.165, 1.54) is 6.07 Å². The van der Waals surface area contributed by atoms with E-state index in [-0.39, 0.29) is 11.7 Å². The van der Waals surface area contributed by atoms with E-state index in [1.807, 2.05) is 0 Å². The number of hydrogen-bond acceptors (Lipinski definition) is 4. The van der Waals surface area contributed by atoms with Gasteiger partial charge in [-0.1, -0.05) is 38.7 Å². The molecular formula is C19H28N2O5S. The van der Waals surface area contributed by atoms with E-state index in [1.54, 1.807) is 25.1 Å². The Balaban J connectivity index is 2.12. The van der Waals surface area contributed by atoms with Gasteiger partial charge in [-0.05, 0) is 37.5 Å². The van der Waals surface area contributed by atoms with Crippen LogP contribution in [0.25, 0.3) is 0 Å². The summed E-state index contributed by atoms with van der Waals surface area (Å²) < 4.78 is 26.3. The zero-order chi connectivity index (χ0) is 19.9. The van der Waals surface area contributed by atoms with Crippen LogP contribution >= 0.6 is 0 Å². The standard InChI is InChI=1S/C19H28N2O5S/c1-2-12-27(25,26)21-15-9-7-8-14(13-15)18(22)20-17-11-6-4-3-5-10-16(17)19(23)24/h7-9,13,16-17,21H,2-6,10-12H2,1H3,(H,20,22)(H,23,24). The van der Waals surface area contributed by atoms with Crippen LogP contribution in [0.1, 0.15) is 62.2 Å². The van der Waals surface area contributed by atoms with Gasteiger partial charge in [0.15, 0.2) is 0 Å². The Kier molecular flexibility index (Phi) is 7.65. The first-order chi connectivity index (χ1) is 12.8. The van der Waals surface area contributed by atoms with E-state index in [4.69, 9.17) is 0 Å². The number of carboxylic acid groups (broad SMARTS) is 1. The number of carboxylic acids is 1. The molecule has 0 radical (unpaired) electrons. The van der Waals surface area contributed by atoms with Crippen molar-refractivity contribution in [3.8, 4) is 0 Å². The van der Waals surface area contributed by atoms with Crippen LogP contribution in [0.3, 0.4) is 0 Å². The Hall–Kier alpha value is -2.09. The van der Waals surface area contributed by atoms with Crippen LogP contribution in [-0.2, 0) is 14.8 Å². The minimum absolute atomic E-state index is 0.00574. The summed E-state index contributed by atoms with van der Waals surface area (Å²) in [5.41, 5.74) is 0.626. The summed E-state index contributed by atoms with van der Waals surface area (Å²) in [6.45, 7) is 1.77. The molecule has 7 nitrogen and oxygen atoms in total. The van der Waals surface area contributed by atoms with Crippen LogP contribution in [-0.4, -0.2) is 37.2 Å². The van der Waals surface area contributed by atoms with Crippen molar-refractivity contribution in [2.24, 2.45) is 5.92 Å². The summed E-state index contributed by atoms with van der Waals surface area (Å²) in [6, 6.07) is 5.83. The number of carbonyl (C=O) groups excluding carboxylic acids is 1. The second kappa shape index (κ2) is 9.73. The van der Waals surface area contributed by atoms with E-state index in [2.05, 4.69) is 10.0 Å². The van der Waals surface area contributed by atoms with Crippen LogP contribution in [0.2, 0.25) is 0 Å². The molecular weight excluding hydrogens is 368 g/mol. The van der Waals surface area contributed by atoms with E-state index >= 15 is 0 Å². The number of nitrogens with one attached hydrogen (secondary N) is 2. The highest BCUT2D eigenvalue weighted by molar-refractivity contribution is 7.92. The molecule has 0 aliphatic heterocycles. The summed E-state index contributed by atoms with van der Waals surface area (Å²) >= 11 is 0. The van der Waals surface area contributed by atoms with Crippen LogP contribution < -0.4 is 10.0 Å². The van der Waals surface area contributed by atoms with Crippen molar-refractivity contribution in [3.05, 3.63) is 29.8 Å². The molecule has 1 aliphatic carbocycles. The maximum Gasteiger partial charge on any atom is 0.308 e. The van der Waals surface area contributed by atoms with Gasteiger partial charge in [-0.15, -0.1) is 0 Å². The van der Waals surface area contributed by atoms with Gasteiger partial charge < -0.3 is 10.4 Å². The quantitative estimate of drug-likeness (QED) is 0.656. The van der Waals surface area contributed by atoms with Gasteiger partial charge in [0.1, 0.15) is 0 Å². The molecule has 1 amide bonds. The molecule has 1 saturated carbocycles. The first-order valence-corrected chi connectivity index (χ1v) is 11.1. The Morgan fingerprint density at radius 1 is 1.15 bits per heavy atom. The summed E-state index contributed by atoms with van der Waals surface area (Å²) in [5.74, 6) is -1.86. The van der Waals surface area contributed by atoms with Crippen molar-refractivity contribution in [1.29, 1.82) is 0 Å². The molecule has 2 rings (SSSR count). The smallest absolute Gasteiger partial charge is 0.308 e. The van der Waals surface area contributed by atoms with E-state index in [0.29, 0.717) is 30.5 Å². The number of carbonyl (C=O) groups is 2. The number of aliphatic carboxylic acids is 1. The van der Waals surface area contributed by atoms with Gasteiger partial charge in [0.2, 0.25) is 10.0 Å². The highest BCUT2D eigenvalue weighted by Gasteiger charge is 2.30. The fourth-order valence-corrected chi connectivity index (χ4v) is 4.55. The van der Waals surface area contributed by atoms with Gasteiger partial charge in [-0.2, -0.15) is 0 Å². The summed E-state index contributed by atoms with van der Waals surface area (Å²) in [4.78, 5) is 24.2. The van der Waals surface area contributed by atoms with Crippen LogP contribution in [0.15, 0.2) is 24.3 Å². The fourth-order valence-electron chi connectivity index (χ4n) is 3.43. The molecule has 150 valence electrons. The van der Waals surface area contributed by atoms with Crippen LogP contribution in [0, 0.1) is 5.92 Å². The second-order valence-electron chi connectivity index (χ2n) is 7.02. The molecule has 0 saturated heterocycles. The number of anilines is 1. The Bertz CT molecular complexity index is 763. The van der Waals surface area contributed by atoms with Crippen LogP contribution in [0.5, 0.6) is 0 Å². The lowest BCUT2D eigenvalue weighted by Crippen LogP contribution is -2.43. The molecule has 0 spiro atoms. The summed E-state index contributed by atoms with van der Waals surface area (Å²) in [5, 5.41) is 12.4. The fraction of sp³-hybridized carbons (Fsp3) is 0.579. The number of benzene rings is 1. The minimum atomic E-state index is -3.44. The number of amides is 1. The Morgan fingerprint density at radius 3 is 2.52 bits per heavy atom. The third kappa shape index (κ3) is 6.53. The lowest BCUT2D eigenvalue weighted by Gasteiger charge is -2.27. The van der Waals surface area contributed by atoms with Gasteiger partial charge in [-0.3, -0.25) is 14.3 Å². The molecule has 3 N–H and O–H groups in total. The molecule has 27 heavy (non-hydrogen) atoms. The number of rotatable bonds is 7. The van der Waals surface area contributed by atoms with Crippen molar-refractivity contribution < 1.29 is 23.1 Å². The molecule has 0 heterocycles. The first kappa shape index (κ1) is 21.2. The molecule has 0 aromatic heterocycles. The second-order valence-corrected chi connectivity index (χ2v) is 8.86. The van der Waals surface area contributed by atoms with E-state index in [9.17, 15) is 23.1 Å². The average Bonchev–Trinajstić information content (AvgIpc) is 2.56. The van der Waals surface area contributed by atoms with E-state index in [0.717, 1.165) is 25.7 Å². The molecule has 1 aliphatic rings. The van der Waals surface area contributed by atoms with Crippen molar-refractivity contribution in [1.82, 2.24) is 5.32 Å². The van der Waals surface area contributed by atoms with E-state index < -0.39 is 28.0 Å². The van der Waals surface area contributed by atoms with Gasteiger partial charge in [0.25, 0.3) is 5.91 Å². The topological polar surface area (TPSA) is 113 Å². The predicted octanol–water partition coefficient (Wildman–Crippen LogP) is 2.99. The number of hydrogen-bond donors (Lipinski definition) is 3. The monoisotopic (exact) mass is 396 g/mol. The molecule has 2 atom stereocenters. The molecule has 1 fully saturated rings. The van der Waals surface area contributed by atoms with Crippen molar-refractivity contribution >= 4 is 27.6 Å². The minimum Gasteiger partial charge on any atom is -0.481 e. The summed E-state index contributed by atoms with van der Waals surface area (Å²) in [6.07, 6.45) is 5.46. The van der Waals surface area contributed by atoms with Crippen LogP contribution in [0.4, 0.5) is 5.69 Å². The SMILES string of the molecule is CCCS(=O)(=O)Nc1cccc(C(=O)NC2CCCCCCC2C(=O)O)c1. The highest BCUT2D eigenvalue weighted by atomic mass is 32.2. The van der Waals surface area contributed by atoms with Gasteiger partial charge in [0.05, 0.1) is 11.7 Å². The zero-order valence-corrected chi connectivity index (χ0v) is 16.4. The zero-order valence-electron chi connectivity index (χ0n) is 15.6.